The summed E-state index contributed by atoms with van der Waals surface area (Å²) in [6.07, 6.45) is 0. The molecule has 0 radical (unpaired) electrons. The van der Waals surface area contributed by atoms with Crippen molar-refractivity contribution >= 4 is 11.0 Å². The molecule has 0 spiro atoms. The topological polar surface area (TPSA) is 19.7 Å². The van der Waals surface area contributed by atoms with Crippen molar-refractivity contribution in [2.75, 3.05) is 0 Å². The van der Waals surface area contributed by atoms with Crippen LogP contribution in [0.15, 0.2) is 48.5 Å². The van der Waals surface area contributed by atoms with Gasteiger partial charge in [-0.05, 0) is 18.2 Å². The number of halogens is 1. The fourth-order valence-corrected chi connectivity index (χ4v) is 2.26. The molecule has 0 amide bonds. The van der Waals surface area contributed by atoms with Gasteiger partial charge in [0, 0.05) is 12.5 Å². The summed E-state index contributed by atoms with van der Waals surface area (Å²) in [7, 11) is 0. The Kier molecular flexibility index (Phi) is 2.59. The third kappa shape index (κ3) is 1.78. The van der Waals surface area contributed by atoms with Crippen LogP contribution in [0.1, 0.15) is 11.4 Å². The summed E-state index contributed by atoms with van der Waals surface area (Å²) in [6, 6.07) is 15.0. The predicted octanol–water partition coefficient (Wildman–Crippen LogP) is 2.95. The van der Waals surface area contributed by atoms with Gasteiger partial charge in [-0.15, -0.1) is 0 Å². The van der Waals surface area contributed by atoms with Crippen molar-refractivity contribution in [2.24, 2.45) is 0 Å². The summed E-state index contributed by atoms with van der Waals surface area (Å²) in [6.45, 7) is 2.55. The van der Waals surface area contributed by atoms with Crippen LogP contribution in [0.3, 0.4) is 0 Å². The highest BCUT2D eigenvalue weighted by Gasteiger charge is 2.15. The first-order chi connectivity index (χ1) is 8.75. The summed E-state index contributed by atoms with van der Waals surface area (Å²) >= 11 is 0. The highest BCUT2D eigenvalue weighted by molar-refractivity contribution is 5.70. The average molecular weight is 241 g/mol. The fraction of sp³-hybridized carbons (Fsp3) is 0.133. The number of aromatic nitrogens is 2. The Hall–Kier alpha value is -2.16. The summed E-state index contributed by atoms with van der Waals surface area (Å²) in [4.78, 5) is 3.31. The molecule has 0 saturated carbocycles. The molecule has 3 heteroatoms. The smallest absolute Gasteiger partial charge is 0.241 e. The number of H-pyrrole nitrogens is 1. The average Bonchev–Trinajstić information content (AvgIpc) is 2.69. The molecule has 90 valence electrons. The normalized spacial score (nSPS) is 11.0. The zero-order valence-corrected chi connectivity index (χ0v) is 10.2. The SMILES string of the molecule is Cc1[nH]c2ccccc2[n+]1Cc1ccccc1F. The minimum atomic E-state index is -0.158. The molecule has 2 aromatic carbocycles. The first kappa shape index (κ1) is 11.0. The van der Waals surface area contributed by atoms with Crippen molar-refractivity contribution in [3.05, 3.63) is 65.7 Å². The van der Waals surface area contributed by atoms with Crippen LogP contribution in [0.5, 0.6) is 0 Å². The summed E-state index contributed by atoms with van der Waals surface area (Å²) in [5.74, 6) is 0.870. The Morgan fingerprint density at radius 3 is 2.61 bits per heavy atom. The molecule has 0 atom stereocenters. The number of nitrogens with one attached hydrogen (secondary N) is 1. The van der Waals surface area contributed by atoms with E-state index in [4.69, 9.17) is 0 Å². The zero-order chi connectivity index (χ0) is 12.5. The van der Waals surface area contributed by atoms with Crippen LogP contribution in [0.2, 0.25) is 0 Å². The maximum absolute atomic E-state index is 13.7. The van der Waals surface area contributed by atoms with Gasteiger partial charge in [0.2, 0.25) is 0 Å². The molecule has 0 aliphatic rings. The van der Waals surface area contributed by atoms with Crippen LogP contribution < -0.4 is 4.57 Å². The standard InChI is InChI=1S/C15H13FN2/c1-11-17-14-8-4-5-9-15(14)18(11)10-12-6-2-3-7-13(12)16/h2-9H,10H2,1H3/p+1. The lowest BCUT2D eigenvalue weighted by Crippen LogP contribution is -2.36. The first-order valence-electron chi connectivity index (χ1n) is 5.96. The number of benzene rings is 2. The maximum atomic E-state index is 13.7. The molecule has 18 heavy (non-hydrogen) atoms. The van der Waals surface area contributed by atoms with Gasteiger partial charge in [0.15, 0.2) is 11.0 Å². The minimum Gasteiger partial charge on any atom is -0.241 e. The second-order valence-corrected chi connectivity index (χ2v) is 4.41. The van der Waals surface area contributed by atoms with Crippen LogP contribution in [0, 0.1) is 12.7 Å². The molecule has 0 aliphatic carbocycles. The first-order valence-corrected chi connectivity index (χ1v) is 5.96. The second kappa shape index (κ2) is 4.26. The molecule has 1 aromatic heterocycles. The van der Waals surface area contributed by atoms with Crippen LogP contribution in [0.4, 0.5) is 4.39 Å². The van der Waals surface area contributed by atoms with Crippen molar-refractivity contribution in [3.8, 4) is 0 Å². The Morgan fingerprint density at radius 1 is 1.06 bits per heavy atom. The number of rotatable bonds is 2. The molecular weight excluding hydrogens is 227 g/mol. The van der Waals surface area contributed by atoms with Gasteiger partial charge < -0.3 is 0 Å². The van der Waals surface area contributed by atoms with E-state index in [1.54, 1.807) is 6.07 Å². The molecule has 0 unspecified atom stereocenters. The summed E-state index contributed by atoms with van der Waals surface area (Å²) in [5.41, 5.74) is 2.87. The predicted molar refractivity (Wildman–Crippen MR) is 68.7 cm³/mol. The van der Waals surface area contributed by atoms with Crippen molar-refractivity contribution in [1.82, 2.24) is 4.98 Å². The number of fused-ring (bicyclic) bond motifs is 1. The van der Waals surface area contributed by atoms with E-state index in [9.17, 15) is 4.39 Å². The van der Waals surface area contributed by atoms with E-state index in [0.717, 1.165) is 16.9 Å². The lowest BCUT2D eigenvalue weighted by atomic mass is 10.2. The molecule has 0 aliphatic heterocycles. The van der Waals surface area contributed by atoms with Gasteiger partial charge in [-0.1, -0.05) is 30.3 Å². The minimum absolute atomic E-state index is 0.158. The van der Waals surface area contributed by atoms with E-state index >= 15 is 0 Å². The second-order valence-electron chi connectivity index (χ2n) is 4.41. The Balaban J connectivity index is 2.10. The molecule has 0 saturated heterocycles. The van der Waals surface area contributed by atoms with E-state index in [1.165, 1.54) is 6.07 Å². The largest absolute Gasteiger partial charge is 0.252 e. The molecule has 0 bridgehead atoms. The fourth-order valence-electron chi connectivity index (χ4n) is 2.26. The molecule has 1 N–H and O–H groups in total. The van der Waals surface area contributed by atoms with Crippen LogP contribution >= 0.6 is 0 Å². The maximum Gasteiger partial charge on any atom is 0.252 e. The van der Waals surface area contributed by atoms with Gasteiger partial charge in [-0.25, -0.2) is 13.9 Å². The van der Waals surface area contributed by atoms with E-state index in [1.807, 2.05) is 43.3 Å². The van der Waals surface area contributed by atoms with Crippen LogP contribution in [-0.2, 0) is 6.54 Å². The van der Waals surface area contributed by atoms with Crippen LogP contribution in [-0.4, -0.2) is 4.98 Å². The highest BCUT2D eigenvalue weighted by Crippen LogP contribution is 2.11. The van der Waals surface area contributed by atoms with Gasteiger partial charge in [0.05, 0.1) is 0 Å². The number of aromatic amines is 1. The molecule has 2 nitrogen and oxygen atoms in total. The summed E-state index contributed by atoms with van der Waals surface area (Å²) < 4.78 is 15.8. The van der Waals surface area contributed by atoms with Crippen molar-refractivity contribution in [1.29, 1.82) is 0 Å². The number of hydrogen-bond acceptors (Lipinski definition) is 0. The molecular formula is C15H14FN2+. The van der Waals surface area contributed by atoms with E-state index < -0.39 is 0 Å². The van der Waals surface area contributed by atoms with Gasteiger partial charge in [-0.3, -0.25) is 0 Å². The molecule has 3 rings (SSSR count). The van der Waals surface area contributed by atoms with Crippen molar-refractivity contribution in [3.63, 3.8) is 0 Å². The van der Waals surface area contributed by atoms with Gasteiger partial charge in [0.1, 0.15) is 12.4 Å². The highest BCUT2D eigenvalue weighted by atomic mass is 19.1. The number of para-hydroxylation sites is 2. The third-order valence-corrected chi connectivity index (χ3v) is 3.20. The monoisotopic (exact) mass is 241 g/mol. The number of aryl methyl sites for hydroxylation is 1. The number of hydrogen-bond donors (Lipinski definition) is 1. The Morgan fingerprint density at radius 2 is 1.78 bits per heavy atom. The number of nitrogens with zero attached hydrogens (tertiary/aromatic N) is 1. The van der Waals surface area contributed by atoms with Crippen molar-refractivity contribution in [2.45, 2.75) is 13.5 Å². The van der Waals surface area contributed by atoms with Gasteiger partial charge in [-0.2, -0.15) is 0 Å². The quantitative estimate of drug-likeness (QED) is 0.666. The van der Waals surface area contributed by atoms with E-state index in [2.05, 4.69) is 9.55 Å². The molecule has 3 aromatic rings. The van der Waals surface area contributed by atoms with Crippen LogP contribution in [0.25, 0.3) is 11.0 Å². The van der Waals surface area contributed by atoms with Crippen molar-refractivity contribution < 1.29 is 8.96 Å². The van der Waals surface area contributed by atoms with E-state index in [0.29, 0.717) is 12.1 Å². The number of imidazole rings is 1. The van der Waals surface area contributed by atoms with Gasteiger partial charge >= 0.3 is 0 Å². The molecule has 1 heterocycles. The zero-order valence-electron chi connectivity index (χ0n) is 10.2. The summed E-state index contributed by atoms with van der Waals surface area (Å²) in [5, 5.41) is 0. The molecule has 0 fully saturated rings. The Labute approximate surface area is 105 Å². The van der Waals surface area contributed by atoms with Gasteiger partial charge in [0.25, 0.3) is 5.82 Å². The lowest BCUT2D eigenvalue weighted by Gasteiger charge is -2.02. The third-order valence-electron chi connectivity index (χ3n) is 3.20. The Bertz CT molecular complexity index is 701. The van der Waals surface area contributed by atoms with E-state index in [-0.39, 0.29) is 5.82 Å². The lowest BCUT2D eigenvalue weighted by molar-refractivity contribution is -0.668.